The normalized spacial score (nSPS) is 11.0. The second-order valence-electron chi connectivity index (χ2n) is 6.82. The maximum Gasteiger partial charge on any atom is 0.323 e. The number of aryl methyl sites for hydroxylation is 1. The summed E-state index contributed by atoms with van der Waals surface area (Å²) in [4.78, 5) is 32.7. The Balaban J connectivity index is 1.18. The molecule has 0 saturated carbocycles. The molecule has 2 aromatic carbocycles. The minimum Gasteiger partial charge on any atom is -0.485 e. The van der Waals surface area contributed by atoms with Gasteiger partial charge in [-0.05, 0) is 54.8 Å². The van der Waals surface area contributed by atoms with E-state index in [2.05, 4.69) is 20.1 Å². The number of aromatic nitrogens is 4. The molecule has 0 unspecified atom stereocenters. The van der Waals surface area contributed by atoms with Crippen molar-refractivity contribution in [3.8, 4) is 5.75 Å². The smallest absolute Gasteiger partial charge is 0.323 e. The van der Waals surface area contributed by atoms with E-state index in [1.165, 1.54) is 24.3 Å². The lowest BCUT2D eigenvalue weighted by atomic mass is 10.1. The highest BCUT2D eigenvalue weighted by molar-refractivity contribution is 5.75. The van der Waals surface area contributed by atoms with E-state index < -0.39 is 0 Å². The molecule has 0 aliphatic carbocycles. The number of benzene rings is 2. The highest BCUT2D eigenvalue weighted by Crippen LogP contribution is 2.14. The van der Waals surface area contributed by atoms with Crippen molar-refractivity contribution in [2.24, 2.45) is 0 Å². The Kier molecular flexibility index (Phi) is 6.06. The predicted molar refractivity (Wildman–Crippen MR) is 107 cm³/mol. The molecule has 31 heavy (non-hydrogen) atoms. The lowest BCUT2D eigenvalue weighted by molar-refractivity contribution is -0.145. The summed E-state index contributed by atoms with van der Waals surface area (Å²) >= 11 is 0. The van der Waals surface area contributed by atoms with E-state index in [1.807, 2.05) is 18.2 Å². The standard InChI is InChI=1S/C21H19FN4O5/c22-14-5-7-15(8-6-14)29-11-18-25-19(31-26-18)12-30-20(27)3-1-2-13-4-9-16-17(10-13)24-21(28)23-16/h4-10H,1-3,11-12H2,(H2,23,24,28). The van der Waals surface area contributed by atoms with Gasteiger partial charge in [0, 0.05) is 6.42 Å². The number of carbonyl (C=O) groups is 1. The van der Waals surface area contributed by atoms with E-state index in [1.54, 1.807) is 0 Å². The topological polar surface area (TPSA) is 123 Å². The van der Waals surface area contributed by atoms with Gasteiger partial charge in [0.1, 0.15) is 11.6 Å². The Bertz CT molecular complexity index is 1230. The number of carbonyl (C=O) groups excluding carboxylic acids is 1. The number of hydrogen-bond acceptors (Lipinski definition) is 7. The molecule has 10 heteroatoms. The first-order chi connectivity index (χ1) is 15.0. The van der Waals surface area contributed by atoms with Gasteiger partial charge in [-0.1, -0.05) is 11.2 Å². The molecule has 0 saturated heterocycles. The van der Waals surface area contributed by atoms with Crippen LogP contribution in [0, 0.1) is 5.82 Å². The molecule has 0 amide bonds. The largest absolute Gasteiger partial charge is 0.485 e. The zero-order valence-electron chi connectivity index (χ0n) is 16.4. The van der Waals surface area contributed by atoms with E-state index in [-0.39, 0.29) is 48.8 Å². The van der Waals surface area contributed by atoms with Crippen LogP contribution in [-0.4, -0.2) is 26.1 Å². The molecular formula is C21H19FN4O5. The summed E-state index contributed by atoms with van der Waals surface area (Å²) in [5.41, 5.74) is 2.25. The van der Waals surface area contributed by atoms with Crippen molar-refractivity contribution in [3.05, 3.63) is 76.0 Å². The summed E-state index contributed by atoms with van der Waals surface area (Å²) in [6, 6.07) is 11.2. The Morgan fingerprint density at radius 3 is 2.71 bits per heavy atom. The molecule has 0 spiro atoms. The molecular weight excluding hydrogens is 407 g/mol. The van der Waals surface area contributed by atoms with Gasteiger partial charge in [0.2, 0.25) is 5.82 Å². The number of halogens is 1. The van der Waals surface area contributed by atoms with Crippen LogP contribution in [0.4, 0.5) is 4.39 Å². The third-order valence-electron chi connectivity index (χ3n) is 4.48. The van der Waals surface area contributed by atoms with Crippen LogP contribution < -0.4 is 10.4 Å². The summed E-state index contributed by atoms with van der Waals surface area (Å²) in [5.74, 6) is 0.190. The number of nitrogens with one attached hydrogen (secondary N) is 2. The fourth-order valence-electron chi connectivity index (χ4n) is 2.97. The first-order valence-corrected chi connectivity index (χ1v) is 9.61. The van der Waals surface area contributed by atoms with Gasteiger partial charge in [-0.25, -0.2) is 9.18 Å². The Morgan fingerprint density at radius 2 is 1.87 bits per heavy atom. The third kappa shape index (κ3) is 5.56. The molecule has 0 atom stereocenters. The van der Waals surface area contributed by atoms with Crippen LogP contribution in [0.1, 0.15) is 30.1 Å². The molecule has 160 valence electrons. The average molecular weight is 426 g/mol. The molecule has 0 bridgehead atoms. The first kappa shape index (κ1) is 20.3. The number of aromatic amines is 2. The van der Waals surface area contributed by atoms with Crippen molar-refractivity contribution < 1.29 is 23.2 Å². The minimum absolute atomic E-state index is 0.0415. The number of imidazole rings is 1. The number of nitrogens with zero attached hydrogens (tertiary/aromatic N) is 2. The SMILES string of the molecule is O=C(CCCc1ccc2[nH]c(=O)[nH]c2c1)OCc1nc(COc2ccc(F)cc2)no1. The number of hydrogen-bond donors (Lipinski definition) is 2. The van der Waals surface area contributed by atoms with E-state index >= 15 is 0 Å². The molecule has 2 heterocycles. The second-order valence-corrected chi connectivity index (χ2v) is 6.82. The lowest BCUT2D eigenvalue weighted by Gasteiger charge is -2.03. The van der Waals surface area contributed by atoms with E-state index in [0.717, 1.165) is 16.6 Å². The zero-order chi connectivity index (χ0) is 21.6. The summed E-state index contributed by atoms with van der Waals surface area (Å²) < 4.78 is 28.5. The van der Waals surface area contributed by atoms with Crippen molar-refractivity contribution in [1.82, 2.24) is 20.1 Å². The highest BCUT2D eigenvalue weighted by atomic mass is 19.1. The van der Waals surface area contributed by atoms with Gasteiger partial charge in [-0.2, -0.15) is 4.98 Å². The van der Waals surface area contributed by atoms with Gasteiger partial charge >= 0.3 is 11.7 Å². The highest BCUT2D eigenvalue weighted by Gasteiger charge is 2.11. The van der Waals surface area contributed by atoms with E-state index in [4.69, 9.17) is 14.0 Å². The quantitative estimate of drug-likeness (QED) is 0.394. The average Bonchev–Trinajstić information content (AvgIpc) is 3.37. The van der Waals surface area contributed by atoms with Gasteiger partial charge < -0.3 is 24.0 Å². The number of ether oxygens (including phenoxy) is 2. The molecule has 2 aromatic heterocycles. The number of rotatable bonds is 9. The van der Waals surface area contributed by atoms with Gasteiger partial charge in [0.05, 0.1) is 11.0 Å². The summed E-state index contributed by atoms with van der Waals surface area (Å²) in [5, 5.41) is 3.75. The van der Waals surface area contributed by atoms with Crippen LogP contribution in [0.3, 0.4) is 0 Å². The van der Waals surface area contributed by atoms with Gasteiger partial charge in [-0.3, -0.25) is 4.79 Å². The van der Waals surface area contributed by atoms with Gasteiger partial charge in [0.15, 0.2) is 13.2 Å². The fraction of sp³-hybridized carbons (Fsp3) is 0.238. The van der Waals surface area contributed by atoms with E-state index in [0.29, 0.717) is 18.6 Å². The molecule has 4 aromatic rings. The summed E-state index contributed by atoms with van der Waals surface area (Å²) in [6.07, 6.45) is 1.50. The Hall–Kier alpha value is -3.95. The molecule has 4 rings (SSSR count). The molecule has 0 radical (unpaired) electrons. The van der Waals surface area contributed by atoms with Gasteiger partial charge in [0.25, 0.3) is 5.89 Å². The Labute approximate surface area is 175 Å². The van der Waals surface area contributed by atoms with Gasteiger partial charge in [-0.15, -0.1) is 0 Å². The van der Waals surface area contributed by atoms with Crippen molar-refractivity contribution in [1.29, 1.82) is 0 Å². The molecule has 0 fully saturated rings. The van der Waals surface area contributed by atoms with Crippen LogP contribution in [0.5, 0.6) is 5.75 Å². The predicted octanol–water partition coefficient (Wildman–Crippen LogP) is 3.02. The second kappa shape index (κ2) is 9.24. The zero-order valence-corrected chi connectivity index (χ0v) is 16.4. The maximum atomic E-state index is 12.9. The van der Waals surface area contributed by atoms with Crippen molar-refractivity contribution in [3.63, 3.8) is 0 Å². The molecule has 0 aliphatic rings. The molecule has 9 nitrogen and oxygen atoms in total. The van der Waals surface area contributed by atoms with E-state index in [9.17, 15) is 14.0 Å². The Morgan fingerprint density at radius 1 is 1.06 bits per heavy atom. The lowest BCUT2D eigenvalue weighted by Crippen LogP contribution is -2.05. The third-order valence-corrected chi connectivity index (χ3v) is 4.48. The summed E-state index contributed by atoms with van der Waals surface area (Å²) in [6.45, 7) is -0.0846. The van der Waals surface area contributed by atoms with Crippen LogP contribution in [0.2, 0.25) is 0 Å². The van der Waals surface area contributed by atoms with Crippen molar-refractivity contribution >= 4 is 17.0 Å². The summed E-state index contributed by atoms with van der Waals surface area (Å²) in [7, 11) is 0. The van der Waals surface area contributed by atoms with Crippen LogP contribution in [0.25, 0.3) is 11.0 Å². The van der Waals surface area contributed by atoms with Crippen LogP contribution in [0.15, 0.2) is 51.8 Å². The number of H-pyrrole nitrogens is 2. The van der Waals surface area contributed by atoms with Crippen LogP contribution in [-0.2, 0) is 29.2 Å². The number of esters is 1. The van der Waals surface area contributed by atoms with Crippen molar-refractivity contribution in [2.75, 3.05) is 0 Å². The van der Waals surface area contributed by atoms with Crippen LogP contribution >= 0.6 is 0 Å². The number of fused-ring (bicyclic) bond motifs is 1. The molecule has 0 aliphatic heterocycles. The minimum atomic E-state index is -0.376. The molecule has 2 N–H and O–H groups in total. The monoisotopic (exact) mass is 426 g/mol. The van der Waals surface area contributed by atoms with Crippen molar-refractivity contribution in [2.45, 2.75) is 32.5 Å². The first-order valence-electron chi connectivity index (χ1n) is 9.61. The maximum absolute atomic E-state index is 12.9. The fourth-order valence-corrected chi connectivity index (χ4v) is 2.97.